The van der Waals surface area contributed by atoms with Gasteiger partial charge in [0.15, 0.2) is 0 Å². The Hall–Kier alpha value is -0.940. The van der Waals surface area contributed by atoms with Gasteiger partial charge in [-0.3, -0.25) is 9.69 Å². The summed E-state index contributed by atoms with van der Waals surface area (Å²) in [4.78, 5) is 17.4. The second kappa shape index (κ2) is 6.71. The Labute approximate surface area is 106 Å². The van der Waals surface area contributed by atoms with Gasteiger partial charge in [0.25, 0.3) is 0 Å². The van der Waals surface area contributed by atoms with E-state index >= 15 is 0 Å². The van der Waals surface area contributed by atoms with E-state index in [1.807, 2.05) is 24.3 Å². The molecule has 0 aliphatic carbocycles. The SMILES string of the molecule is CCCc1nc(CN(C)C(CC)C(=O)O)cs1. The summed E-state index contributed by atoms with van der Waals surface area (Å²) in [6, 6.07) is -0.425. The molecule has 1 unspecified atom stereocenters. The highest BCUT2D eigenvalue weighted by Gasteiger charge is 2.20. The number of thiazole rings is 1. The molecule has 0 radical (unpaired) electrons. The van der Waals surface area contributed by atoms with E-state index in [1.54, 1.807) is 11.3 Å². The lowest BCUT2D eigenvalue weighted by Crippen LogP contribution is -2.37. The van der Waals surface area contributed by atoms with Gasteiger partial charge in [-0.1, -0.05) is 13.8 Å². The third kappa shape index (κ3) is 4.09. The van der Waals surface area contributed by atoms with E-state index in [9.17, 15) is 4.79 Å². The number of likely N-dealkylation sites (N-methyl/N-ethyl adjacent to an activating group) is 1. The molecule has 0 aliphatic rings. The molecular weight excluding hydrogens is 236 g/mol. The van der Waals surface area contributed by atoms with E-state index in [0.717, 1.165) is 23.5 Å². The van der Waals surface area contributed by atoms with Crippen molar-refractivity contribution in [2.75, 3.05) is 7.05 Å². The molecule has 0 aromatic carbocycles. The number of aromatic nitrogens is 1. The molecule has 1 N–H and O–H groups in total. The molecule has 0 saturated heterocycles. The molecule has 1 heterocycles. The molecule has 0 fully saturated rings. The van der Waals surface area contributed by atoms with Crippen molar-refractivity contribution in [1.29, 1.82) is 0 Å². The molecule has 96 valence electrons. The second-order valence-corrected chi connectivity index (χ2v) is 5.10. The van der Waals surface area contributed by atoms with Crippen molar-refractivity contribution in [3.63, 3.8) is 0 Å². The Balaban J connectivity index is 2.59. The van der Waals surface area contributed by atoms with Crippen LogP contribution in [0.25, 0.3) is 0 Å². The van der Waals surface area contributed by atoms with Crippen LogP contribution in [0.2, 0.25) is 0 Å². The van der Waals surface area contributed by atoms with E-state index in [1.165, 1.54) is 0 Å². The second-order valence-electron chi connectivity index (χ2n) is 4.16. The summed E-state index contributed by atoms with van der Waals surface area (Å²) in [5, 5.41) is 12.2. The molecule has 1 atom stereocenters. The summed E-state index contributed by atoms with van der Waals surface area (Å²) in [5.41, 5.74) is 0.973. The van der Waals surface area contributed by atoms with Crippen LogP contribution < -0.4 is 0 Å². The van der Waals surface area contributed by atoms with Crippen molar-refractivity contribution >= 4 is 17.3 Å². The van der Waals surface area contributed by atoms with Crippen molar-refractivity contribution in [2.45, 2.75) is 45.7 Å². The van der Waals surface area contributed by atoms with Gasteiger partial charge >= 0.3 is 5.97 Å². The number of carbonyl (C=O) groups is 1. The first-order valence-corrected chi connectivity index (χ1v) is 6.82. The van der Waals surface area contributed by atoms with Gasteiger partial charge in [-0.05, 0) is 26.3 Å². The van der Waals surface area contributed by atoms with Gasteiger partial charge in [0.1, 0.15) is 6.04 Å². The maximum absolute atomic E-state index is 11.0. The summed E-state index contributed by atoms with van der Waals surface area (Å²) in [7, 11) is 1.83. The maximum Gasteiger partial charge on any atom is 0.320 e. The first-order valence-electron chi connectivity index (χ1n) is 5.94. The van der Waals surface area contributed by atoms with Crippen LogP contribution in [0.15, 0.2) is 5.38 Å². The third-order valence-corrected chi connectivity index (χ3v) is 3.64. The minimum atomic E-state index is -0.765. The minimum Gasteiger partial charge on any atom is -0.480 e. The monoisotopic (exact) mass is 256 g/mol. The molecule has 0 amide bonds. The summed E-state index contributed by atoms with van der Waals surface area (Å²) in [5.74, 6) is -0.765. The quantitative estimate of drug-likeness (QED) is 0.814. The molecule has 1 aromatic heterocycles. The lowest BCUT2D eigenvalue weighted by atomic mass is 10.2. The van der Waals surface area contributed by atoms with Crippen LogP contribution in [0.1, 0.15) is 37.4 Å². The summed E-state index contributed by atoms with van der Waals surface area (Å²) in [6.07, 6.45) is 2.71. The molecule has 17 heavy (non-hydrogen) atoms. The molecule has 0 aliphatic heterocycles. The molecule has 5 heteroatoms. The largest absolute Gasteiger partial charge is 0.480 e. The van der Waals surface area contributed by atoms with Gasteiger partial charge in [-0.2, -0.15) is 0 Å². The molecule has 1 aromatic rings. The van der Waals surface area contributed by atoms with Gasteiger partial charge in [0, 0.05) is 11.9 Å². The highest BCUT2D eigenvalue weighted by molar-refractivity contribution is 7.09. The zero-order valence-corrected chi connectivity index (χ0v) is 11.5. The van der Waals surface area contributed by atoms with Crippen molar-refractivity contribution < 1.29 is 9.90 Å². The van der Waals surface area contributed by atoms with Crippen LogP contribution in [0.3, 0.4) is 0 Å². The van der Waals surface area contributed by atoms with Gasteiger partial charge in [-0.15, -0.1) is 11.3 Å². The van der Waals surface area contributed by atoms with Crippen LogP contribution in [-0.4, -0.2) is 34.0 Å². The normalized spacial score (nSPS) is 12.9. The minimum absolute atomic E-state index is 0.425. The molecule has 1 rings (SSSR count). The Morgan fingerprint density at radius 2 is 2.29 bits per heavy atom. The molecule has 0 spiro atoms. The number of hydrogen-bond acceptors (Lipinski definition) is 4. The van der Waals surface area contributed by atoms with Crippen molar-refractivity contribution in [2.24, 2.45) is 0 Å². The molecule has 0 bridgehead atoms. The van der Waals surface area contributed by atoms with E-state index in [0.29, 0.717) is 13.0 Å². The van der Waals surface area contributed by atoms with Crippen LogP contribution in [0.5, 0.6) is 0 Å². The highest BCUT2D eigenvalue weighted by Crippen LogP contribution is 2.14. The zero-order valence-electron chi connectivity index (χ0n) is 10.6. The van der Waals surface area contributed by atoms with Crippen LogP contribution in [0, 0.1) is 0 Å². The molecule has 0 saturated carbocycles. The van der Waals surface area contributed by atoms with Gasteiger partial charge in [-0.25, -0.2) is 4.98 Å². The number of rotatable bonds is 7. The van der Waals surface area contributed by atoms with E-state index in [2.05, 4.69) is 11.9 Å². The topological polar surface area (TPSA) is 53.4 Å². The number of aryl methyl sites for hydroxylation is 1. The van der Waals surface area contributed by atoms with E-state index < -0.39 is 12.0 Å². The fourth-order valence-electron chi connectivity index (χ4n) is 1.79. The lowest BCUT2D eigenvalue weighted by molar-refractivity contribution is -0.143. The predicted molar refractivity (Wildman–Crippen MR) is 69.3 cm³/mol. The number of aliphatic carboxylic acids is 1. The fourth-order valence-corrected chi connectivity index (χ4v) is 2.68. The van der Waals surface area contributed by atoms with Crippen molar-refractivity contribution in [3.05, 3.63) is 16.1 Å². The van der Waals surface area contributed by atoms with Gasteiger partial charge in [0.05, 0.1) is 10.7 Å². The van der Waals surface area contributed by atoms with Crippen LogP contribution >= 0.6 is 11.3 Å². The lowest BCUT2D eigenvalue weighted by Gasteiger charge is -2.22. The first kappa shape index (κ1) is 14.1. The fraction of sp³-hybridized carbons (Fsp3) is 0.667. The van der Waals surface area contributed by atoms with E-state index in [4.69, 9.17) is 5.11 Å². The Bertz CT molecular complexity index is 365. The van der Waals surface area contributed by atoms with E-state index in [-0.39, 0.29) is 0 Å². The summed E-state index contributed by atoms with van der Waals surface area (Å²) in [6.45, 7) is 4.62. The van der Waals surface area contributed by atoms with Crippen molar-refractivity contribution in [3.8, 4) is 0 Å². The van der Waals surface area contributed by atoms with Gasteiger partial charge in [0.2, 0.25) is 0 Å². The highest BCUT2D eigenvalue weighted by atomic mass is 32.1. The van der Waals surface area contributed by atoms with Gasteiger partial charge < -0.3 is 5.11 Å². The standard InChI is InChI=1S/C12H20N2O2S/c1-4-6-11-13-9(8-17-11)7-14(3)10(5-2)12(15)16/h8,10H,4-7H2,1-3H3,(H,15,16). The number of hydrogen-bond donors (Lipinski definition) is 1. The summed E-state index contributed by atoms with van der Waals surface area (Å²) >= 11 is 1.66. The first-order chi connectivity index (χ1) is 8.08. The maximum atomic E-state index is 11.0. The number of carboxylic acid groups (broad SMARTS) is 1. The number of carboxylic acids is 1. The predicted octanol–water partition coefficient (Wildman–Crippen LogP) is 2.39. The Kier molecular flexibility index (Phi) is 5.58. The third-order valence-electron chi connectivity index (χ3n) is 2.68. The number of nitrogens with zero attached hydrogens (tertiary/aromatic N) is 2. The van der Waals surface area contributed by atoms with Crippen LogP contribution in [0.4, 0.5) is 0 Å². The van der Waals surface area contributed by atoms with Crippen molar-refractivity contribution in [1.82, 2.24) is 9.88 Å². The average molecular weight is 256 g/mol. The summed E-state index contributed by atoms with van der Waals surface area (Å²) < 4.78 is 0. The average Bonchev–Trinajstić information content (AvgIpc) is 2.66. The van der Waals surface area contributed by atoms with Crippen LogP contribution in [-0.2, 0) is 17.8 Å². The Morgan fingerprint density at radius 1 is 1.59 bits per heavy atom. The Morgan fingerprint density at radius 3 is 2.82 bits per heavy atom. The zero-order chi connectivity index (χ0) is 12.8. The molecule has 4 nitrogen and oxygen atoms in total. The molecular formula is C12H20N2O2S. The smallest absolute Gasteiger partial charge is 0.320 e.